The van der Waals surface area contributed by atoms with Crippen molar-refractivity contribution in [1.82, 2.24) is 4.98 Å². The van der Waals surface area contributed by atoms with Gasteiger partial charge in [-0.05, 0) is 54.1 Å². The van der Waals surface area contributed by atoms with Gasteiger partial charge >= 0.3 is 5.97 Å². The summed E-state index contributed by atoms with van der Waals surface area (Å²) >= 11 is 1.31. The number of carbonyl (C=O) groups excluding carboxylic acids is 1. The third-order valence-electron chi connectivity index (χ3n) is 3.36. The number of hydrogen-bond donors (Lipinski definition) is 0. The van der Waals surface area contributed by atoms with Crippen LogP contribution in [0.5, 0.6) is 11.5 Å². The molecule has 0 unspecified atom stereocenters. The van der Waals surface area contributed by atoms with E-state index in [1.165, 1.54) is 23.9 Å². The molecule has 0 aliphatic carbocycles. The highest BCUT2D eigenvalue weighted by Gasteiger charge is 2.06. The van der Waals surface area contributed by atoms with E-state index >= 15 is 0 Å². The average molecular weight is 369 g/mol. The third kappa shape index (κ3) is 5.60. The fraction of sp³-hybridized carbons (Fsp3) is 0.100. The Morgan fingerprint density at radius 3 is 2.46 bits per heavy atom. The van der Waals surface area contributed by atoms with Crippen LogP contribution in [0.4, 0.5) is 4.39 Å². The average Bonchev–Trinajstić information content (AvgIpc) is 2.68. The molecule has 0 bridgehead atoms. The molecule has 0 saturated carbocycles. The van der Waals surface area contributed by atoms with Gasteiger partial charge in [-0.2, -0.15) is 0 Å². The minimum Gasteiger partial charge on any atom is -0.460 e. The van der Waals surface area contributed by atoms with E-state index in [0.29, 0.717) is 11.5 Å². The second-order valence-electron chi connectivity index (χ2n) is 5.34. The van der Waals surface area contributed by atoms with Gasteiger partial charge in [-0.25, -0.2) is 4.39 Å². The molecule has 2 aromatic carbocycles. The Bertz CT molecular complexity index is 839. The van der Waals surface area contributed by atoms with Gasteiger partial charge in [0.05, 0.1) is 11.9 Å². The van der Waals surface area contributed by atoms with Gasteiger partial charge in [-0.3, -0.25) is 9.78 Å². The van der Waals surface area contributed by atoms with Gasteiger partial charge in [0.15, 0.2) is 0 Å². The van der Waals surface area contributed by atoms with Crippen LogP contribution < -0.4 is 4.74 Å². The van der Waals surface area contributed by atoms with Crippen LogP contribution in [0, 0.1) is 5.82 Å². The Balaban J connectivity index is 1.44. The maximum absolute atomic E-state index is 12.8. The summed E-state index contributed by atoms with van der Waals surface area (Å²) in [4.78, 5) is 16.6. The Kier molecular flexibility index (Phi) is 6.22. The number of esters is 1. The first-order valence-corrected chi connectivity index (χ1v) is 8.88. The van der Waals surface area contributed by atoms with Gasteiger partial charge in [-0.1, -0.05) is 12.1 Å². The Morgan fingerprint density at radius 2 is 1.77 bits per heavy atom. The molecule has 26 heavy (non-hydrogen) atoms. The molecule has 0 aliphatic heterocycles. The van der Waals surface area contributed by atoms with Gasteiger partial charge in [-0.15, -0.1) is 11.8 Å². The van der Waals surface area contributed by atoms with Crippen LogP contribution >= 0.6 is 11.8 Å². The minimum absolute atomic E-state index is 0.174. The highest BCUT2D eigenvalue weighted by Crippen LogP contribution is 2.21. The molecular weight excluding hydrogens is 353 g/mol. The van der Waals surface area contributed by atoms with E-state index in [1.807, 2.05) is 30.3 Å². The number of benzene rings is 2. The Morgan fingerprint density at radius 1 is 1.00 bits per heavy atom. The highest BCUT2D eigenvalue weighted by atomic mass is 32.2. The highest BCUT2D eigenvalue weighted by molar-refractivity contribution is 8.00. The first kappa shape index (κ1) is 17.9. The predicted octanol–water partition coefficient (Wildman–Crippen LogP) is 4.85. The Hall–Kier alpha value is -2.86. The zero-order valence-corrected chi connectivity index (χ0v) is 14.6. The lowest BCUT2D eigenvalue weighted by Crippen LogP contribution is -2.07. The number of carbonyl (C=O) groups is 1. The van der Waals surface area contributed by atoms with Crippen molar-refractivity contribution < 1.29 is 18.7 Å². The van der Waals surface area contributed by atoms with Crippen LogP contribution in [-0.4, -0.2) is 16.7 Å². The molecule has 0 spiro atoms. The number of rotatable bonds is 7. The van der Waals surface area contributed by atoms with Crippen molar-refractivity contribution >= 4 is 17.7 Å². The molecule has 3 aromatic rings. The summed E-state index contributed by atoms with van der Waals surface area (Å²) < 4.78 is 23.7. The third-order valence-corrected chi connectivity index (χ3v) is 4.35. The van der Waals surface area contributed by atoms with Gasteiger partial charge in [0, 0.05) is 11.1 Å². The van der Waals surface area contributed by atoms with Crippen LogP contribution in [0.1, 0.15) is 5.56 Å². The van der Waals surface area contributed by atoms with Crippen molar-refractivity contribution in [2.45, 2.75) is 11.5 Å². The van der Waals surface area contributed by atoms with E-state index in [4.69, 9.17) is 9.47 Å². The number of hydrogen-bond acceptors (Lipinski definition) is 5. The van der Waals surface area contributed by atoms with E-state index in [1.54, 1.807) is 30.6 Å². The summed E-state index contributed by atoms with van der Waals surface area (Å²) in [5.41, 5.74) is 0.865. The van der Waals surface area contributed by atoms with E-state index in [2.05, 4.69) is 4.98 Å². The summed E-state index contributed by atoms with van der Waals surface area (Å²) in [5.74, 6) is 0.890. The normalized spacial score (nSPS) is 10.3. The molecule has 0 fully saturated rings. The van der Waals surface area contributed by atoms with Crippen molar-refractivity contribution in [2.24, 2.45) is 0 Å². The maximum atomic E-state index is 12.8. The molecule has 0 saturated heterocycles. The zero-order valence-electron chi connectivity index (χ0n) is 13.8. The fourth-order valence-electron chi connectivity index (χ4n) is 2.08. The predicted molar refractivity (Wildman–Crippen MR) is 97.7 cm³/mol. The topological polar surface area (TPSA) is 48.4 Å². The van der Waals surface area contributed by atoms with E-state index in [-0.39, 0.29) is 24.1 Å². The molecule has 1 aromatic heterocycles. The van der Waals surface area contributed by atoms with Crippen molar-refractivity contribution in [3.05, 3.63) is 84.4 Å². The zero-order chi connectivity index (χ0) is 18.2. The van der Waals surface area contributed by atoms with Crippen LogP contribution in [0.2, 0.25) is 0 Å². The Labute approximate surface area is 155 Å². The van der Waals surface area contributed by atoms with Crippen LogP contribution in [-0.2, 0) is 16.1 Å². The first-order valence-electron chi connectivity index (χ1n) is 7.90. The molecule has 1 heterocycles. The molecular formula is C20H16FNO3S. The number of thioether (sulfide) groups is 1. The quantitative estimate of drug-likeness (QED) is 0.440. The molecule has 132 valence electrons. The molecule has 6 heteroatoms. The lowest BCUT2D eigenvalue weighted by atomic mass is 10.2. The summed E-state index contributed by atoms with van der Waals surface area (Å²) in [5, 5.41) is 0. The van der Waals surface area contributed by atoms with Gasteiger partial charge in [0.25, 0.3) is 0 Å². The van der Waals surface area contributed by atoms with E-state index in [9.17, 15) is 9.18 Å². The van der Waals surface area contributed by atoms with Crippen LogP contribution in [0.15, 0.2) is 78.0 Å². The molecule has 3 rings (SSSR count). The van der Waals surface area contributed by atoms with E-state index < -0.39 is 0 Å². The second-order valence-corrected chi connectivity index (χ2v) is 6.39. The molecule has 4 nitrogen and oxygen atoms in total. The van der Waals surface area contributed by atoms with Gasteiger partial charge in [0.2, 0.25) is 0 Å². The lowest BCUT2D eigenvalue weighted by Gasteiger charge is -2.07. The maximum Gasteiger partial charge on any atom is 0.316 e. The molecule has 0 radical (unpaired) electrons. The number of ether oxygens (including phenoxy) is 2. The van der Waals surface area contributed by atoms with Crippen molar-refractivity contribution in [1.29, 1.82) is 0 Å². The lowest BCUT2D eigenvalue weighted by molar-refractivity contribution is -0.141. The number of pyridine rings is 1. The van der Waals surface area contributed by atoms with Crippen molar-refractivity contribution in [3.8, 4) is 11.5 Å². The molecule has 0 atom stereocenters. The largest absolute Gasteiger partial charge is 0.460 e. The second kappa shape index (κ2) is 9.01. The standard InChI is InChI=1S/C20H16FNO3S/c21-16-5-9-19(10-6-16)26-14-20(23)24-13-15-3-7-17(8-4-15)25-18-2-1-11-22-12-18/h1-12H,13-14H2. The van der Waals surface area contributed by atoms with Crippen molar-refractivity contribution in [3.63, 3.8) is 0 Å². The minimum atomic E-state index is -0.324. The first-order chi connectivity index (χ1) is 12.7. The smallest absolute Gasteiger partial charge is 0.316 e. The summed E-state index contributed by atoms with van der Waals surface area (Å²) in [7, 11) is 0. The SMILES string of the molecule is O=C(CSc1ccc(F)cc1)OCc1ccc(Oc2cccnc2)cc1. The number of nitrogens with zero attached hydrogens (tertiary/aromatic N) is 1. The monoisotopic (exact) mass is 369 g/mol. The van der Waals surface area contributed by atoms with Gasteiger partial charge in [0.1, 0.15) is 23.9 Å². The summed E-state index contributed by atoms with van der Waals surface area (Å²) in [6, 6.07) is 16.9. The van der Waals surface area contributed by atoms with Crippen LogP contribution in [0.25, 0.3) is 0 Å². The van der Waals surface area contributed by atoms with Crippen LogP contribution in [0.3, 0.4) is 0 Å². The molecule has 0 aliphatic rings. The molecule has 0 N–H and O–H groups in total. The molecule has 0 amide bonds. The van der Waals surface area contributed by atoms with Gasteiger partial charge < -0.3 is 9.47 Å². The number of aromatic nitrogens is 1. The van der Waals surface area contributed by atoms with E-state index in [0.717, 1.165) is 10.5 Å². The van der Waals surface area contributed by atoms with Crippen molar-refractivity contribution in [2.75, 3.05) is 5.75 Å². The summed E-state index contributed by atoms with van der Waals surface area (Å²) in [6.07, 6.45) is 3.31. The summed E-state index contributed by atoms with van der Waals surface area (Å²) in [6.45, 7) is 0.190. The fourth-order valence-corrected chi connectivity index (χ4v) is 2.77. The number of halogens is 1.